The number of nitrogens with zero attached hydrogens (tertiary/aromatic N) is 3. The van der Waals surface area contributed by atoms with E-state index in [0.717, 1.165) is 31.0 Å². The molecular formula is C30H28F3N3O. The number of carbonyl (C=O) groups excluding carboxylic acids is 1. The summed E-state index contributed by atoms with van der Waals surface area (Å²) in [6.07, 6.45) is -1.64. The smallest absolute Gasteiger partial charge is 0.367 e. The van der Waals surface area contributed by atoms with Crippen LogP contribution >= 0.6 is 0 Å². The van der Waals surface area contributed by atoms with Crippen LogP contribution in [0.25, 0.3) is 0 Å². The number of benzene rings is 3. The molecule has 0 saturated carbocycles. The van der Waals surface area contributed by atoms with Crippen molar-refractivity contribution < 1.29 is 18.0 Å². The first-order valence-corrected chi connectivity index (χ1v) is 12.7. The van der Waals surface area contributed by atoms with E-state index in [1.807, 2.05) is 55.5 Å². The number of amides is 1. The van der Waals surface area contributed by atoms with Crippen molar-refractivity contribution in [2.45, 2.75) is 44.8 Å². The third-order valence-corrected chi connectivity index (χ3v) is 8.30. The molecule has 1 fully saturated rings. The van der Waals surface area contributed by atoms with Crippen LogP contribution in [0.5, 0.6) is 0 Å². The summed E-state index contributed by atoms with van der Waals surface area (Å²) in [6.45, 7) is 2.55. The number of piperidine rings is 1. The van der Waals surface area contributed by atoms with Gasteiger partial charge in [0.25, 0.3) is 5.91 Å². The van der Waals surface area contributed by atoms with Crippen LogP contribution in [0.4, 0.5) is 24.5 Å². The standard InChI is InChI=1S/C30H28F3N3O/c1-20-29(28(37)36(34-20)25-10-6-3-7-11-25)19-23-18-24(30(31,32)33)12-13-26(23)35-15-14-22(17-27(29)35)16-21-8-4-2-5-9-21/h2-13,18,22,27H,14-17,19H2,1H3/t22-,27-,29-/m1/s1. The fraction of sp³-hybridized carbons (Fsp3) is 0.333. The highest BCUT2D eigenvalue weighted by atomic mass is 19.4. The minimum absolute atomic E-state index is 0.158. The Hall–Kier alpha value is -3.61. The van der Waals surface area contributed by atoms with Gasteiger partial charge in [-0.25, -0.2) is 0 Å². The number of anilines is 2. The van der Waals surface area contributed by atoms with Gasteiger partial charge in [0.1, 0.15) is 5.41 Å². The average molecular weight is 504 g/mol. The summed E-state index contributed by atoms with van der Waals surface area (Å²) < 4.78 is 40.9. The van der Waals surface area contributed by atoms with Crippen molar-refractivity contribution in [2.24, 2.45) is 16.4 Å². The number of hydrogen-bond donors (Lipinski definition) is 0. The maximum atomic E-state index is 14.3. The zero-order valence-corrected chi connectivity index (χ0v) is 20.6. The Labute approximate surface area is 214 Å². The van der Waals surface area contributed by atoms with Crippen molar-refractivity contribution in [2.75, 3.05) is 16.5 Å². The van der Waals surface area contributed by atoms with Crippen LogP contribution in [0.1, 0.15) is 36.5 Å². The summed E-state index contributed by atoms with van der Waals surface area (Å²) in [7, 11) is 0. The van der Waals surface area contributed by atoms with Crippen molar-refractivity contribution >= 4 is 23.0 Å². The van der Waals surface area contributed by atoms with Gasteiger partial charge in [0.2, 0.25) is 0 Å². The second kappa shape index (κ2) is 8.75. The molecule has 0 N–H and O–H groups in total. The molecule has 0 radical (unpaired) electrons. The number of hydrazone groups is 1. The summed E-state index contributed by atoms with van der Waals surface area (Å²) in [5.74, 6) is 0.206. The quantitative estimate of drug-likeness (QED) is 0.409. The predicted octanol–water partition coefficient (Wildman–Crippen LogP) is 6.50. The van der Waals surface area contributed by atoms with E-state index in [1.54, 1.807) is 6.07 Å². The van der Waals surface area contributed by atoms with Crippen LogP contribution in [0.2, 0.25) is 0 Å². The van der Waals surface area contributed by atoms with Gasteiger partial charge < -0.3 is 4.90 Å². The molecule has 3 aliphatic rings. The highest BCUT2D eigenvalue weighted by Crippen LogP contribution is 2.51. The normalized spacial score (nSPS) is 25.2. The van der Waals surface area contributed by atoms with Crippen LogP contribution in [0, 0.1) is 11.3 Å². The van der Waals surface area contributed by atoms with E-state index in [9.17, 15) is 18.0 Å². The fourth-order valence-corrected chi connectivity index (χ4v) is 6.49. The second-order valence-corrected chi connectivity index (χ2v) is 10.4. The van der Waals surface area contributed by atoms with Gasteiger partial charge in [-0.1, -0.05) is 48.5 Å². The Bertz CT molecular complexity index is 1360. The van der Waals surface area contributed by atoms with Crippen molar-refractivity contribution in [1.29, 1.82) is 0 Å². The second-order valence-electron chi connectivity index (χ2n) is 10.4. The Morgan fingerprint density at radius 1 is 1.00 bits per heavy atom. The first-order valence-electron chi connectivity index (χ1n) is 12.7. The molecular weight excluding hydrogens is 475 g/mol. The van der Waals surface area contributed by atoms with Gasteiger partial charge in [0, 0.05) is 18.3 Å². The molecule has 3 aliphatic heterocycles. The molecule has 7 heteroatoms. The lowest BCUT2D eigenvalue weighted by Gasteiger charge is -2.52. The molecule has 3 atom stereocenters. The Balaban J connectivity index is 1.43. The maximum Gasteiger partial charge on any atom is 0.416 e. The molecule has 1 saturated heterocycles. The van der Waals surface area contributed by atoms with E-state index in [-0.39, 0.29) is 18.4 Å². The molecule has 6 rings (SSSR count). The van der Waals surface area contributed by atoms with E-state index < -0.39 is 17.2 Å². The molecule has 3 aromatic rings. The summed E-state index contributed by atoms with van der Waals surface area (Å²) in [5, 5.41) is 6.16. The van der Waals surface area contributed by atoms with Gasteiger partial charge in [-0.15, -0.1) is 0 Å². The van der Waals surface area contributed by atoms with E-state index in [4.69, 9.17) is 5.10 Å². The zero-order chi connectivity index (χ0) is 25.8. The Kier molecular flexibility index (Phi) is 5.62. The van der Waals surface area contributed by atoms with Crippen LogP contribution in [-0.2, 0) is 23.8 Å². The fourth-order valence-electron chi connectivity index (χ4n) is 6.49. The van der Waals surface area contributed by atoms with Crippen LogP contribution in [0.3, 0.4) is 0 Å². The molecule has 0 aliphatic carbocycles. The first-order chi connectivity index (χ1) is 17.8. The molecule has 190 valence electrons. The third kappa shape index (κ3) is 3.92. The van der Waals surface area contributed by atoms with Crippen LogP contribution < -0.4 is 9.91 Å². The van der Waals surface area contributed by atoms with E-state index >= 15 is 0 Å². The number of hydrogen-bond acceptors (Lipinski definition) is 3. The number of para-hydroxylation sites is 1. The minimum Gasteiger partial charge on any atom is -0.367 e. The lowest BCUT2D eigenvalue weighted by atomic mass is 9.63. The van der Waals surface area contributed by atoms with E-state index in [0.29, 0.717) is 29.4 Å². The first kappa shape index (κ1) is 23.8. The largest absolute Gasteiger partial charge is 0.416 e. The molecule has 0 unspecified atom stereocenters. The van der Waals surface area contributed by atoms with Gasteiger partial charge in [-0.05, 0) is 80.0 Å². The van der Waals surface area contributed by atoms with Gasteiger partial charge in [-0.2, -0.15) is 23.3 Å². The number of rotatable bonds is 3. The predicted molar refractivity (Wildman–Crippen MR) is 139 cm³/mol. The van der Waals surface area contributed by atoms with Gasteiger partial charge >= 0.3 is 6.18 Å². The lowest BCUT2D eigenvalue weighted by Crippen LogP contribution is -2.62. The molecule has 1 amide bonds. The number of halogens is 3. The minimum atomic E-state index is -4.44. The number of alkyl halides is 3. The topological polar surface area (TPSA) is 35.9 Å². The molecule has 4 nitrogen and oxygen atoms in total. The van der Waals surface area contributed by atoms with E-state index in [2.05, 4.69) is 17.0 Å². The van der Waals surface area contributed by atoms with Crippen molar-refractivity contribution in [1.82, 2.24) is 0 Å². The number of fused-ring (bicyclic) bond motifs is 4. The summed E-state index contributed by atoms with van der Waals surface area (Å²) in [6, 6.07) is 23.4. The molecule has 3 aromatic carbocycles. The van der Waals surface area contributed by atoms with Crippen LogP contribution in [0.15, 0.2) is 84.0 Å². The van der Waals surface area contributed by atoms with Crippen molar-refractivity contribution in [3.63, 3.8) is 0 Å². The van der Waals surface area contributed by atoms with E-state index in [1.165, 1.54) is 16.6 Å². The molecule has 1 spiro atoms. The zero-order valence-electron chi connectivity index (χ0n) is 20.6. The van der Waals surface area contributed by atoms with Gasteiger partial charge in [0.15, 0.2) is 0 Å². The molecule has 0 bridgehead atoms. The van der Waals surface area contributed by atoms with Crippen molar-refractivity contribution in [3.8, 4) is 0 Å². The summed E-state index contributed by atoms with van der Waals surface area (Å²) in [4.78, 5) is 16.5. The third-order valence-electron chi connectivity index (χ3n) is 8.30. The highest BCUT2D eigenvalue weighted by Gasteiger charge is 2.60. The summed E-state index contributed by atoms with van der Waals surface area (Å²) in [5.41, 5.74) is 2.27. The summed E-state index contributed by atoms with van der Waals surface area (Å²) >= 11 is 0. The lowest BCUT2D eigenvalue weighted by molar-refractivity contribution is -0.137. The van der Waals surface area contributed by atoms with Crippen molar-refractivity contribution in [3.05, 3.63) is 95.6 Å². The number of carbonyl (C=O) groups is 1. The Morgan fingerprint density at radius 3 is 2.41 bits per heavy atom. The SMILES string of the molecule is CC1=NN(c2ccccc2)C(=O)[C@]12Cc1cc(C(F)(F)F)ccc1N1CC[C@H](Cc3ccccc3)C[C@@H]12. The van der Waals surface area contributed by atoms with Gasteiger partial charge in [0.05, 0.1) is 17.0 Å². The molecule has 0 aromatic heterocycles. The molecule has 37 heavy (non-hydrogen) atoms. The van der Waals surface area contributed by atoms with Gasteiger partial charge in [-0.3, -0.25) is 4.79 Å². The Morgan fingerprint density at radius 2 is 1.70 bits per heavy atom. The molecule has 3 heterocycles. The average Bonchev–Trinajstić information content (AvgIpc) is 3.14. The highest BCUT2D eigenvalue weighted by molar-refractivity contribution is 6.20. The maximum absolute atomic E-state index is 14.3. The monoisotopic (exact) mass is 503 g/mol. The van der Waals surface area contributed by atoms with Crippen LogP contribution in [-0.4, -0.2) is 24.2 Å².